The van der Waals surface area contributed by atoms with E-state index in [1.807, 2.05) is 6.07 Å². The average Bonchev–Trinajstić information content (AvgIpc) is 3.47. The summed E-state index contributed by atoms with van der Waals surface area (Å²) in [5.41, 5.74) is 2.78. The highest BCUT2D eigenvalue weighted by molar-refractivity contribution is 8.14. The van der Waals surface area contributed by atoms with Gasteiger partial charge in [-0.3, -0.25) is 14.7 Å². The summed E-state index contributed by atoms with van der Waals surface area (Å²) in [5.74, 6) is 0.850. The topological polar surface area (TPSA) is 72.5 Å². The predicted octanol–water partition coefficient (Wildman–Crippen LogP) is 3.35. The molecule has 2 aliphatic heterocycles. The van der Waals surface area contributed by atoms with E-state index in [1.165, 1.54) is 12.8 Å². The average molecular weight is 430 g/mol. The zero-order valence-corrected chi connectivity index (χ0v) is 17.9. The Balaban J connectivity index is 1.29. The lowest BCUT2D eigenvalue weighted by Crippen LogP contribution is -2.48. The van der Waals surface area contributed by atoms with Gasteiger partial charge in [-0.2, -0.15) is 0 Å². The van der Waals surface area contributed by atoms with Crippen LogP contribution in [0.2, 0.25) is 0 Å². The number of amides is 1. The molecule has 1 saturated heterocycles. The van der Waals surface area contributed by atoms with E-state index in [0.717, 1.165) is 72.0 Å². The van der Waals surface area contributed by atoms with Crippen LogP contribution in [0.25, 0.3) is 10.9 Å². The molecule has 2 fully saturated rings. The van der Waals surface area contributed by atoms with Gasteiger partial charge in [-0.25, -0.2) is 4.39 Å². The molecule has 30 heavy (non-hydrogen) atoms. The summed E-state index contributed by atoms with van der Waals surface area (Å²) in [4.78, 5) is 22.1. The van der Waals surface area contributed by atoms with E-state index in [0.29, 0.717) is 12.6 Å². The largest absolute Gasteiger partial charge is 0.381 e. The highest BCUT2D eigenvalue weighted by atomic mass is 32.2. The SMILES string of the molecule is O=C1CN(CC[C@@H]2CSC(c3cc4cc(F)cc(NC5CCCC5)c4[nH]3)=N2)CCN1. The zero-order chi connectivity index (χ0) is 20.5. The number of H-pyrrole nitrogens is 1. The van der Waals surface area contributed by atoms with Crippen molar-refractivity contribution in [3.8, 4) is 0 Å². The van der Waals surface area contributed by atoms with Crippen molar-refractivity contribution in [2.75, 3.05) is 37.2 Å². The molecule has 8 heteroatoms. The van der Waals surface area contributed by atoms with E-state index in [-0.39, 0.29) is 17.8 Å². The standard InChI is InChI=1S/C22H28FN5OS/c23-15-9-14-10-19(27-21(14)18(11-15)25-16-3-1-2-4-16)22-26-17(13-30-22)5-7-28-8-6-24-20(29)12-28/h9-11,16-17,25,27H,1-8,12-13H2,(H,24,29)/t17-/m1/s1. The summed E-state index contributed by atoms with van der Waals surface area (Å²) in [6.07, 6.45) is 5.72. The van der Waals surface area contributed by atoms with Gasteiger partial charge in [0.2, 0.25) is 5.91 Å². The number of halogens is 1. The van der Waals surface area contributed by atoms with Crippen LogP contribution in [-0.2, 0) is 4.79 Å². The molecule has 160 valence electrons. The van der Waals surface area contributed by atoms with Gasteiger partial charge in [-0.1, -0.05) is 12.8 Å². The number of benzene rings is 1. The first kappa shape index (κ1) is 19.9. The number of anilines is 1. The lowest BCUT2D eigenvalue weighted by Gasteiger charge is -2.26. The molecule has 3 aliphatic rings. The molecule has 0 unspecified atom stereocenters. The normalized spacial score (nSPS) is 23.2. The van der Waals surface area contributed by atoms with Gasteiger partial charge < -0.3 is 15.6 Å². The van der Waals surface area contributed by atoms with Gasteiger partial charge in [0, 0.05) is 36.8 Å². The third kappa shape index (κ3) is 4.34. The molecule has 0 radical (unpaired) electrons. The second-order valence-electron chi connectivity index (χ2n) is 8.54. The molecule has 3 N–H and O–H groups in total. The van der Waals surface area contributed by atoms with Crippen LogP contribution >= 0.6 is 11.8 Å². The van der Waals surface area contributed by atoms with Crippen molar-refractivity contribution in [3.63, 3.8) is 0 Å². The van der Waals surface area contributed by atoms with Crippen LogP contribution in [0.4, 0.5) is 10.1 Å². The molecule has 5 rings (SSSR count). The van der Waals surface area contributed by atoms with Crippen LogP contribution < -0.4 is 10.6 Å². The molecule has 1 atom stereocenters. The molecular weight excluding hydrogens is 401 g/mol. The van der Waals surface area contributed by atoms with Gasteiger partial charge >= 0.3 is 0 Å². The molecular formula is C22H28FN5OS. The molecule has 1 aliphatic carbocycles. The van der Waals surface area contributed by atoms with E-state index in [2.05, 4.69) is 20.5 Å². The third-order valence-electron chi connectivity index (χ3n) is 6.25. The van der Waals surface area contributed by atoms with Crippen LogP contribution in [0.3, 0.4) is 0 Å². The molecule has 0 bridgehead atoms. The molecule has 1 aromatic carbocycles. The van der Waals surface area contributed by atoms with Crippen LogP contribution in [0.1, 0.15) is 37.8 Å². The van der Waals surface area contributed by atoms with Gasteiger partial charge in [0.25, 0.3) is 0 Å². The fourth-order valence-electron chi connectivity index (χ4n) is 4.65. The van der Waals surface area contributed by atoms with Gasteiger partial charge in [0.15, 0.2) is 0 Å². The summed E-state index contributed by atoms with van der Waals surface area (Å²) in [5, 5.41) is 8.29. The maximum absolute atomic E-state index is 14.2. The van der Waals surface area contributed by atoms with Gasteiger partial charge in [-0.15, -0.1) is 11.8 Å². The number of carbonyl (C=O) groups is 1. The Labute approximate surface area is 180 Å². The van der Waals surface area contributed by atoms with Crippen LogP contribution in [-0.4, -0.2) is 64.9 Å². The van der Waals surface area contributed by atoms with Gasteiger partial charge in [0.05, 0.1) is 29.5 Å². The Hall–Kier alpha value is -2.06. The number of piperazine rings is 1. The number of aromatic amines is 1. The summed E-state index contributed by atoms with van der Waals surface area (Å²) >= 11 is 1.76. The van der Waals surface area contributed by atoms with Crippen molar-refractivity contribution >= 4 is 39.3 Å². The maximum Gasteiger partial charge on any atom is 0.234 e. The molecule has 2 aromatic rings. The fraction of sp³-hybridized carbons (Fsp3) is 0.545. The Bertz CT molecular complexity index is 968. The molecule has 0 spiro atoms. The van der Waals surface area contributed by atoms with Crippen LogP contribution in [0, 0.1) is 5.82 Å². The number of nitrogens with zero attached hydrogens (tertiary/aromatic N) is 2. The number of rotatable bonds is 6. The summed E-state index contributed by atoms with van der Waals surface area (Å²) in [6.45, 7) is 3.02. The van der Waals surface area contributed by atoms with E-state index in [4.69, 9.17) is 4.99 Å². The fourth-order valence-corrected chi connectivity index (χ4v) is 5.73. The first-order valence-electron chi connectivity index (χ1n) is 10.9. The second kappa shape index (κ2) is 8.59. The smallest absolute Gasteiger partial charge is 0.234 e. The number of aliphatic imine (C=N–C) groups is 1. The van der Waals surface area contributed by atoms with Gasteiger partial charge in [-0.05, 0) is 37.5 Å². The minimum Gasteiger partial charge on any atom is -0.381 e. The number of hydrogen-bond acceptors (Lipinski definition) is 5. The molecule has 1 saturated carbocycles. The van der Waals surface area contributed by atoms with Crippen LogP contribution in [0.15, 0.2) is 23.2 Å². The summed E-state index contributed by atoms with van der Waals surface area (Å²) in [6, 6.07) is 5.90. The minimum atomic E-state index is -0.210. The molecule has 1 aromatic heterocycles. The number of fused-ring (bicyclic) bond motifs is 1. The van der Waals surface area contributed by atoms with Gasteiger partial charge in [0.1, 0.15) is 10.9 Å². The highest BCUT2D eigenvalue weighted by Crippen LogP contribution is 2.32. The van der Waals surface area contributed by atoms with E-state index >= 15 is 0 Å². The van der Waals surface area contributed by atoms with E-state index in [9.17, 15) is 9.18 Å². The molecule has 3 heterocycles. The number of carbonyl (C=O) groups excluding carboxylic acids is 1. The van der Waals surface area contributed by atoms with E-state index < -0.39 is 0 Å². The van der Waals surface area contributed by atoms with Crippen molar-refractivity contribution in [2.24, 2.45) is 4.99 Å². The first-order valence-corrected chi connectivity index (χ1v) is 11.9. The zero-order valence-electron chi connectivity index (χ0n) is 17.0. The van der Waals surface area contributed by atoms with Crippen molar-refractivity contribution in [3.05, 3.63) is 29.7 Å². The molecule has 6 nitrogen and oxygen atoms in total. The number of thioether (sulfide) groups is 1. The maximum atomic E-state index is 14.2. The highest BCUT2D eigenvalue weighted by Gasteiger charge is 2.24. The number of nitrogens with one attached hydrogen (secondary N) is 3. The molecule has 1 amide bonds. The number of hydrogen-bond donors (Lipinski definition) is 3. The van der Waals surface area contributed by atoms with E-state index in [1.54, 1.807) is 23.9 Å². The minimum absolute atomic E-state index is 0.110. The van der Waals surface area contributed by atoms with Crippen molar-refractivity contribution in [1.82, 2.24) is 15.2 Å². The van der Waals surface area contributed by atoms with Crippen LogP contribution in [0.5, 0.6) is 0 Å². The lowest BCUT2D eigenvalue weighted by molar-refractivity contribution is -0.124. The third-order valence-corrected chi connectivity index (χ3v) is 7.40. The quantitative estimate of drug-likeness (QED) is 0.659. The van der Waals surface area contributed by atoms with Crippen molar-refractivity contribution in [1.29, 1.82) is 0 Å². The predicted molar refractivity (Wildman–Crippen MR) is 121 cm³/mol. The Morgan fingerprint density at radius 3 is 2.97 bits per heavy atom. The monoisotopic (exact) mass is 429 g/mol. The lowest BCUT2D eigenvalue weighted by atomic mass is 10.2. The summed E-state index contributed by atoms with van der Waals surface area (Å²) in [7, 11) is 0. The second-order valence-corrected chi connectivity index (χ2v) is 9.55. The first-order chi connectivity index (χ1) is 14.6. The summed E-state index contributed by atoms with van der Waals surface area (Å²) < 4.78 is 14.2. The van der Waals surface area contributed by atoms with Crippen molar-refractivity contribution < 1.29 is 9.18 Å². The Morgan fingerprint density at radius 2 is 2.13 bits per heavy atom. The number of aromatic nitrogens is 1. The Kier molecular flexibility index (Phi) is 5.69. The van der Waals surface area contributed by atoms with Crippen molar-refractivity contribution in [2.45, 2.75) is 44.2 Å². The Morgan fingerprint density at radius 1 is 1.27 bits per heavy atom.